The largest absolute Gasteiger partial charge is 0.339 e. The van der Waals surface area contributed by atoms with Crippen molar-refractivity contribution in [3.05, 3.63) is 11.7 Å². The van der Waals surface area contributed by atoms with Gasteiger partial charge in [0.25, 0.3) is 0 Å². The molecule has 1 heterocycles. The number of hydrogen-bond acceptors (Lipinski definition) is 4. The summed E-state index contributed by atoms with van der Waals surface area (Å²) < 4.78 is 5.16. The van der Waals surface area contributed by atoms with Gasteiger partial charge in [0.1, 0.15) is 0 Å². The van der Waals surface area contributed by atoms with E-state index in [0.29, 0.717) is 5.89 Å². The van der Waals surface area contributed by atoms with Crippen LogP contribution >= 0.6 is 0 Å². The minimum atomic E-state index is 0.102. The third-order valence-electron chi connectivity index (χ3n) is 2.46. The summed E-state index contributed by atoms with van der Waals surface area (Å²) in [6, 6.07) is 0.102. The molecule has 0 aromatic carbocycles. The Morgan fingerprint density at radius 3 is 2.71 bits per heavy atom. The van der Waals surface area contributed by atoms with Gasteiger partial charge in [0.15, 0.2) is 5.82 Å². The van der Waals surface area contributed by atoms with Crippen molar-refractivity contribution in [3.63, 3.8) is 0 Å². The van der Waals surface area contributed by atoms with Crippen LogP contribution in [0, 0.1) is 0 Å². The Kier molecular flexibility index (Phi) is 4.07. The molecule has 0 saturated carbocycles. The molecular formula is C10H19N3O. The van der Waals surface area contributed by atoms with Crippen LogP contribution in [0.5, 0.6) is 0 Å². The third kappa shape index (κ3) is 2.54. The molecule has 80 valence electrons. The van der Waals surface area contributed by atoms with Crippen LogP contribution in [-0.2, 0) is 6.42 Å². The van der Waals surface area contributed by atoms with Gasteiger partial charge in [-0.2, -0.15) is 4.98 Å². The van der Waals surface area contributed by atoms with Gasteiger partial charge in [-0.3, -0.25) is 0 Å². The lowest BCUT2D eigenvalue weighted by Crippen LogP contribution is -2.25. The first-order chi connectivity index (χ1) is 6.69. The fourth-order valence-corrected chi connectivity index (χ4v) is 1.31. The van der Waals surface area contributed by atoms with Gasteiger partial charge in [-0.25, -0.2) is 0 Å². The van der Waals surface area contributed by atoms with Gasteiger partial charge < -0.3 is 10.3 Å². The van der Waals surface area contributed by atoms with Crippen LogP contribution in [0.3, 0.4) is 0 Å². The van der Waals surface area contributed by atoms with E-state index in [0.717, 1.165) is 25.1 Å². The average Bonchev–Trinajstić information content (AvgIpc) is 2.64. The molecule has 0 spiro atoms. The zero-order valence-electron chi connectivity index (χ0n) is 9.16. The van der Waals surface area contributed by atoms with Crippen LogP contribution in [0.25, 0.3) is 0 Å². The Bertz CT molecular complexity index is 272. The van der Waals surface area contributed by atoms with Crippen LogP contribution in [0.4, 0.5) is 0 Å². The van der Waals surface area contributed by atoms with E-state index in [1.165, 1.54) is 0 Å². The molecule has 14 heavy (non-hydrogen) atoms. The molecule has 0 amide bonds. The molecule has 0 aliphatic rings. The highest BCUT2D eigenvalue weighted by Crippen LogP contribution is 2.17. The SMILES string of the molecule is CCCc1noc(C(C)C(N)CC)n1. The summed E-state index contributed by atoms with van der Waals surface area (Å²) in [4.78, 5) is 4.31. The number of nitrogens with two attached hydrogens (primary N) is 1. The average molecular weight is 197 g/mol. The first-order valence-corrected chi connectivity index (χ1v) is 5.27. The number of hydrogen-bond donors (Lipinski definition) is 1. The summed E-state index contributed by atoms with van der Waals surface area (Å²) in [7, 11) is 0. The fourth-order valence-electron chi connectivity index (χ4n) is 1.31. The van der Waals surface area contributed by atoms with Gasteiger partial charge in [0.2, 0.25) is 5.89 Å². The highest BCUT2D eigenvalue weighted by molar-refractivity contribution is 4.96. The van der Waals surface area contributed by atoms with E-state index in [-0.39, 0.29) is 12.0 Å². The molecule has 0 aliphatic heterocycles. The molecule has 2 unspecified atom stereocenters. The number of nitrogens with zero attached hydrogens (tertiary/aromatic N) is 2. The molecule has 1 aromatic rings. The zero-order valence-corrected chi connectivity index (χ0v) is 9.16. The Hall–Kier alpha value is -0.900. The Morgan fingerprint density at radius 2 is 2.14 bits per heavy atom. The summed E-state index contributed by atoms with van der Waals surface area (Å²) in [6.45, 7) is 6.18. The van der Waals surface area contributed by atoms with Crippen molar-refractivity contribution in [2.45, 2.75) is 52.0 Å². The standard InChI is InChI=1S/C10H19N3O/c1-4-6-9-12-10(14-13-9)7(3)8(11)5-2/h7-8H,4-6,11H2,1-3H3. The molecular weight excluding hydrogens is 178 g/mol. The minimum Gasteiger partial charge on any atom is -0.339 e. The lowest BCUT2D eigenvalue weighted by molar-refractivity contribution is 0.336. The van der Waals surface area contributed by atoms with Crippen LogP contribution < -0.4 is 5.73 Å². The summed E-state index contributed by atoms with van der Waals surface area (Å²) in [5, 5.41) is 3.90. The van der Waals surface area contributed by atoms with Crippen LogP contribution in [0.2, 0.25) is 0 Å². The van der Waals surface area contributed by atoms with Crippen LogP contribution in [0.15, 0.2) is 4.52 Å². The smallest absolute Gasteiger partial charge is 0.231 e. The van der Waals surface area contributed by atoms with Crippen molar-refractivity contribution < 1.29 is 4.52 Å². The Labute approximate surface area is 84.9 Å². The second-order valence-corrected chi connectivity index (χ2v) is 3.66. The van der Waals surface area contributed by atoms with Crippen molar-refractivity contribution >= 4 is 0 Å². The molecule has 2 atom stereocenters. The summed E-state index contributed by atoms with van der Waals surface area (Å²) in [5.41, 5.74) is 5.90. The topological polar surface area (TPSA) is 64.9 Å². The van der Waals surface area contributed by atoms with E-state index in [9.17, 15) is 0 Å². The molecule has 4 nitrogen and oxygen atoms in total. The third-order valence-corrected chi connectivity index (χ3v) is 2.46. The van der Waals surface area contributed by atoms with Crippen molar-refractivity contribution in [2.24, 2.45) is 5.73 Å². The predicted octanol–water partition coefficient (Wildman–Crippen LogP) is 1.86. The quantitative estimate of drug-likeness (QED) is 0.782. The maximum atomic E-state index is 5.90. The first-order valence-electron chi connectivity index (χ1n) is 5.27. The molecule has 0 aliphatic carbocycles. The van der Waals surface area contributed by atoms with E-state index in [1.807, 2.05) is 6.92 Å². The monoisotopic (exact) mass is 197 g/mol. The zero-order chi connectivity index (χ0) is 10.6. The van der Waals surface area contributed by atoms with E-state index in [1.54, 1.807) is 0 Å². The maximum absolute atomic E-state index is 5.90. The molecule has 0 bridgehead atoms. The van der Waals surface area contributed by atoms with E-state index < -0.39 is 0 Å². The Balaban J connectivity index is 2.65. The highest BCUT2D eigenvalue weighted by atomic mass is 16.5. The molecule has 0 radical (unpaired) electrons. The van der Waals surface area contributed by atoms with Crippen molar-refractivity contribution in [3.8, 4) is 0 Å². The number of aromatic nitrogens is 2. The molecule has 4 heteroatoms. The van der Waals surface area contributed by atoms with Crippen molar-refractivity contribution in [1.29, 1.82) is 0 Å². The first kappa shape index (κ1) is 11.2. The van der Waals surface area contributed by atoms with E-state index in [4.69, 9.17) is 10.3 Å². The van der Waals surface area contributed by atoms with Gasteiger partial charge in [-0.15, -0.1) is 0 Å². The molecule has 1 rings (SSSR count). The van der Waals surface area contributed by atoms with Crippen LogP contribution in [-0.4, -0.2) is 16.2 Å². The van der Waals surface area contributed by atoms with E-state index >= 15 is 0 Å². The fraction of sp³-hybridized carbons (Fsp3) is 0.800. The lowest BCUT2D eigenvalue weighted by Gasteiger charge is -2.13. The number of rotatable bonds is 5. The van der Waals surface area contributed by atoms with E-state index in [2.05, 4.69) is 24.0 Å². The predicted molar refractivity (Wildman–Crippen MR) is 55.0 cm³/mol. The summed E-state index contributed by atoms with van der Waals surface area (Å²) in [6.07, 6.45) is 2.83. The Morgan fingerprint density at radius 1 is 1.43 bits per heavy atom. The van der Waals surface area contributed by atoms with Crippen LogP contribution in [0.1, 0.15) is 51.2 Å². The number of aryl methyl sites for hydroxylation is 1. The summed E-state index contributed by atoms with van der Waals surface area (Å²) >= 11 is 0. The van der Waals surface area contributed by atoms with Gasteiger partial charge in [0, 0.05) is 12.5 Å². The van der Waals surface area contributed by atoms with Gasteiger partial charge >= 0.3 is 0 Å². The lowest BCUT2D eigenvalue weighted by atomic mass is 10.0. The molecule has 0 saturated heterocycles. The second-order valence-electron chi connectivity index (χ2n) is 3.66. The van der Waals surface area contributed by atoms with Gasteiger partial charge in [-0.05, 0) is 12.8 Å². The van der Waals surface area contributed by atoms with Crippen molar-refractivity contribution in [1.82, 2.24) is 10.1 Å². The van der Waals surface area contributed by atoms with Gasteiger partial charge in [-0.1, -0.05) is 25.9 Å². The molecule has 0 fully saturated rings. The maximum Gasteiger partial charge on any atom is 0.231 e. The molecule has 2 N–H and O–H groups in total. The normalized spacial score (nSPS) is 15.4. The summed E-state index contributed by atoms with van der Waals surface area (Å²) in [5.74, 6) is 1.61. The second kappa shape index (κ2) is 5.10. The molecule has 1 aromatic heterocycles. The minimum absolute atomic E-state index is 0.102. The van der Waals surface area contributed by atoms with Crippen molar-refractivity contribution in [2.75, 3.05) is 0 Å². The van der Waals surface area contributed by atoms with Gasteiger partial charge in [0.05, 0.1) is 5.92 Å². The highest BCUT2D eigenvalue weighted by Gasteiger charge is 2.19.